The number of aliphatic carboxylic acids is 1. The summed E-state index contributed by atoms with van der Waals surface area (Å²) in [6.45, 7) is 0.475. The van der Waals surface area contributed by atoms with Gasteiger partial charge in [-0.3, -0.25) is 10.1 Å². The van der Waals surface area contributed by atoms with Gasteiger partial charge in [-0.1, -0.05) is 0 Å². The number of carbonyl (C=O) groups is 1. The van der Waals surface area contributed by atoms with Crippen LogP contribution in [0.15, 0.2) is 18.2 Å². The van der Waals surface area contributed by atoms with Gasteiger partial charge in [0.1, 0.15) is 11.9 Å². The lowest BCUT2D eigenvalue weighted by Crippen LogP contribution is -2.41. The van der Waals surface area contributed by atoms with Crippen molar-refractivity contribution in [1.82, 2.24) is 10.3 Å². The molecule has 0 saturated heterocycles. The fourth-order valence-electron chi connectivity index (χ4n) is 2.34. The van der Waals surface area contributed by atoms with Crippen LogP contribution in [0.4, 0.5) is 4.39 Å². The van der Waals surface area contributed by atoms with Crippen LogP contribution < -0.4 is 5.32 Å². The highest BCUT2D eigenvalue weighted by atomic mass is 35.5. The topological polar surface area (TPSA) is 65.1 Å². The van der Waals surface area contributed by atoms with Crippen molar-refractivity contribution in [3.63, 3.8) is 0 Å². The highest BCUT2D eigenvalue weighted by Gasteiger charge is 2.26. The molecule has 3 N–H and O–H groups in total. The van der Waals surface area contributed by atoms with Gasteiger partial charge in [0, 0.05) is 29.6 Å². The van der Waals surface area contributed by atoms with Crippen LogP contribution >= 0.6 is 12.4 Å². The predicted octanol–water partition coefficient (Wildman–Crippen LogP) is 1.83. The van der Waals surface area contributed by atoms with Crippen LogP contribution in [0.1, 0.15) is 11.3 Å². The molecule has 0 saturated carbocycles. The second-order valence-corrected chi connectivity index (χ2v) is 4.25. The largest absolute Gasteiger partial charge is 0.480 e. The molecule has 4 nitrogen and oxygen atoms in total. The number of aromatic amines is 1. The third kappa shape index (κ3) is 1.95. The molecule has 1 aromatic heterocycles. The minimum absolute atomic E-state index is 0. The van der Waals surface area contributed by atoms with E-state index in [-0.39, 0.29) is 18.2 Å². The van der Waals surface area contributed by atoms with Gasteiger partial charge in [-0.15, -0.1) is 12.4 Å². The highest BCUT2D eigenvalue weighted by Crippen LogP contribution is 2.27. The standard InChI is InChI=1S/C12H11FN2O2.ClH/c13-6-1-2-9-7(3-6)8-4-10(12(16)17)14-5-11(8)15-9;/h1-3,10,14-15H,4-5H2,(H,16,17);1H/t10-;/m0./s1. The van der Waals surface area contributed by atoms with E-state index in [1.807, 2.05) is 0 Å². The van der Waals surface area contributed by atoms with Crippen molar-refractivity contribution in [1.29, 1.82) is 0 Å². The maximum Gasteiger partial charge on any atom is 0.321 e. The second-order valence-electron chi connectivity index (χ2n) is 4.25. The SMILES string of the molecule is Cl.O=C(O)[C@@H]1Cc2c([nH]c3ccc(F)cc23)CN1. The van der Waals surface area contributed by atoms with Crippen LogP contribution in [0, 0.1) is 5.82 Å². The van der Waals surface area contributed by atoms with E-state index < -0.39 is 12.0 Å². The van der Waals surface area contributed by atoms with Gasteiger partial charge in [-0.25, -0.2) is 4.39 Å². The van der Waals surface area contributed by atoms with Crippen LogP contribution in [0.2, 0.25) is 0 Å². The maximum atomic E-state index is 13.2. The Hall–Kier alpha value is -1.59. The zero-order valence-electron chi connectivity index (χ0n) is 9.37. The van der Waals surface area contributed by atoms with Gasteiger partial charge >= 0.3 is 5.97 Å². The lowest BCUT2D eigenvalue weighted by molar-refractivity contribution is -0.139. The lowest BCUT2D eigenvalue weighted by Gasteiger charge is -2.20. The normalized spacial score (nSPS) is 18.2. The van der Waals surface area contributed by atoms with E-state index in [1.165, 1.54) is 12.1 Å². The van der Waals surface area contributed by atoms with Crippen LogP contribution in [-0.2, 0) is 17.8 Å². The molecule has 1 aliphatic heterocycles. The zero-order chi connectivity index (χ0) is 12.0. The molecule has 96 valence electrons. The van der Waals surface area contributed by atoms with E-state index in [1.54, 1.807) is 6.07 Å². The fraction of sp³-hybridized carbons (Fsp3) is 0.250. The van der Waals surface area contributed by atoms with E-state index in [4.69, 9.17) is 5.11 Å². The third-order valence-corrected chi connectivity index (χ3v) is 3.19. The number of fused-ring (bicyclic) bond motifs is 3. The molecule has 0 amide bonds. The van der Waals surface area contributed by atoms with Crippen molar-refractivity contribution >= 4 is 29.3 Å². The summed E-state index contributed by atoms with van der Waals surface area (Å²) in [5.41, 5.74) is 2.71. The zero-order valence-corrected chi connectivity index (χ0v) is 10.2. The van der Waals surface area contributed by atoms with Crippen molar-refractivity contribution in [3.05, 3.63) is 35.3 Å². The van der Waals surface area contributed by atoms with Gasteiger partial charge in [-0.05, 0) is 23.8 Å². The molecule has 0 fully saturated rings. The first kappa shape index (κ1) is 12.9. The van der Waals surface area contributed by atoms with E-state index >= 15 is 0 Å². The van der Waals surface area contributed by atoms with Crippen molar-refractivity contribution < 1.29 is 14.3 Å². The summed E-state index contributed by atoms with van der Waals surface area (Å²) >= 11 is 0. The van der Waals surface area contributed by atoms with Crippen molar-refractivity contribution in [2.45, 2.75) is 19.0 Å². The van der Waals surface area contributed by atoms with E-state index in [0.717, 1.165) is 22.2 Å². The van der Waals surface area contributed by atoms with Crippen molar-refractivity contribution in [2.75, 3.05) is 0 Å². The van der Waals surface area contributed by atoms with E-state index in [9.17, 15) is 9.18 Å². The van der Waals surface area contributed by atoms with Gasteiger partial charge in [0.2, 0.25) is 0 Å². The molecule has 2 heterocycles. The molecule has 0 aliphatic carbocycles. The van der Waals surface area contributed by atoms with Gasteiger partial charge < -0.3 is 10.1 Å². The molecule has 0 bridgehead atoms. The first-order valence-electron chi connectivity index (χ1n) is 5.40. The number of benzene rings is 1. The smallest absolute Gasteiger partial charge is 0.321 e. The molecule has 18 heavy (non-hydrogen) atoms. The molecule has 1 atom stereocenters. The first-order valence-corrected chi connectivity index (χ1v) is 5.40. The Kier molecular flexibility index (Phi) is 3.28. The Balaban J connectivity index is 0.00000120. The van der Waals surface area contributed by atoms with E-state index in [2.05, 4.69) is 10.3 Å². The molecule has 3 rings (SSSR count). The molecule has 2 aromatic rings. The lowest BCUT2D eigenvalue weighted by atomic mass is 9.99. The summed E-state index contributed by atoms with van der Waals surface area (Å²) < 4.78 is 13.2. The van der Waals surface area contributed by atoms with Crippen molar-refractivity contribution in [2.24, 2.45) is 0 Å². The molecule has 1 aliphatic rings. The van der Waals surface area contributed by atoms with Crippen molar-refractivity contribution in [3.8, 4) is 0 Å². The van der Waals surface area contributed by atoms with Gasteiger partial charge in [-0.2, -0.15) is 0 Å². The Morgan fingerprint density at radius 2 is 2.22 bits per heavy atom. The predicted molar refractivity (Wildman–Crippen MR) is 67.5 cm³/mol. The van der Waals surface area contributed by atoms with Crippen LogP contribution in [-0.4, -0.2) is 22.1 Å². The first-order chi connectivity index (χ1) is 8.15. The summed E-state index contributed by atoms with van der Waals surface area (Å²) in [6, 6.07) is 3.94. The third-order valence-electron chi connectivity index (χ3n) is 3.19. The average molecular weight is 271 g/mol. The highest BCUT2D eigenvalue weighted by molar-refractivity contribution is 5.86. The van der Waals surface area contributed by atoms with Crippen LogP contribution in [0.5, 0.6) is 0 Å². The molecular formula is C12H12ClFN2O2. The number of rotatable bonds is 1. The second kappa shape index (κ2) is 4.59. The average Bonchev–Trinajstić information content (AvgIpc) is 2.66. The quantitative estimate of drug-likeness (QED) is 0.741. The number of H-pyrrole nitrogens is 1. The molecule has 0 spiro atoms. The summed E-state index contributed by atoms with van der Waals surface area (Å²) in [4.78, 5) is 14.1. The number of carboxylic acid groups (broad SMARTS) is 1. The molecule has 1 aromatic carbocycles. The number of aromatic nitrogens is 1. The molecule has 0 radical (unpaired) electrons. The summed E-state index contributed by atoms with van der Waals surface area (Å²) in [7, 11) is 0. The molecular weight excluding hydrogens is 259 g/mol. The minimum Gasteiger partial charge on any atom is -0.480 e. The van der Waals surface area contributed by atoms with Gasteiger partial charge in [0.15, 0.2) is 0 Å². The van der Waals surface area contributed by atoms with Crippen LogP contribution in [0.25, 0.3) is 10.9 Å². The minimum atomic E-state index is -0.874. The fourth-order valence-corrected chi connectivity index (χ4v) is 2.34. The van der Waals surface area contributed by atoms with Gasteiger partial charge in [0.05, 0.1) is 0 Å². The Labute approximate surface area is 109 Å². The van der Waals surface area contributed by atoms with E-state index in [0.29, 0.717) is 13.0 Å². The maximum absolute atomic E-state index is 13.2. The Morgan fingerprint density at radius 1 is 1.44 bits per heavy atom. The Bertz CT molecular complexity index is 611. The summed E-state index contributed by atoms with van der Waals surface area (Å²) in [5, 5.41) is 12.7. The molecule has 6 heteroatoms. The monoisotopic (exact) mass is 270 g/mol. The number of hydrogen-bond donors (Lipinski definition) is 3. The number of nitrogens with one attached hydrogen (secondary N) is 2. The number of hydrogen-bond acceptors (Lipinski definition) is 2. The van der Waals surface area contributed by atoms with Crippen LogP contribution in [0.3, 0.4) is 0 Å². The summed E-state index contributed by atoms with van der Waals surface area (Å²) in [6.07, 6.45) is 0.383. The summed E-state index contributed by atoms with van der Waals surface area (Å²) in [5.74, 6) is -1.17. The Morgan fingerprint density at radius 3 is 2.94 bits per heavy atom. The molecule has 0 unspecified atom stereocenters. The number of halogens is 2. The number of carboxylic acids is 1. The van der Waals surface area contributed by atoms with Gasteiger partial charge in [0.25, 0.3) is 0 Å².